The van der Waals surface area contributed by atoms with Gasteiger partial charge in [-0.05, 0) is 49.2 Å². The Kier molecular flexibility index (Phi) is 6.23. The zero-order valence-electron chi connectivity index (χ0n) is 18.5. The van der Waals surface area contributed by atoms with Gasteiger partial charge in [-0.1, -0.05) is 17.3 Å². The number of oxime groups is 1. The molecule has 1 unspecified atom stereocenters. The smallest absolute Gasteiger partial charge is 0.234 e. The SMILES string of the molecule is COc1cc(/C=C/C2=NOC(C)(c3ccncc3)N2CCCO)ccc1-n1cnc(C)c1. The maximum absolute atomic E-state index is 9.38. The Morgan fingerprint density at radius 3 is 2.69 bits per heavy atom. The topological polar surface area (TPSA) is 85.0 Å². The highest BCUT2D eigenvalue weighted by atomic mass is 16.7. The van der Waals surface area contributed by atoms with Crippen molar-refractivity contribution in [3.05, 3.63) is 78.1 Å². The molecule has 0 fully saturated rings. The lowest BCUT2D eigenvalue weighted by atomic mass is 10.0. The van der Waals surface area contributed by atoms with E-state index in [0.29, 0.717) is 18.8 Å². The number of aliphatic hydroxyl groups excluding tert-OH is 1. The minimum Gasteiger partial charge on any atom is -0.495 e. The Morgan fingerprint density at radius 2 is 2.00 bits per heavy atom. The number of pyridine rings is 1. The minimum atomic E-state index is -0.765. The molecule has 1 atom stereocenters. The maximum atomic E-state index is 9.38. The van der Waals surface area contributed by atoms with Gasteiger partial charge in [0.15, 0.2) is 5.84 Å². The zero-order valence-corrected chi connectivity index (χ0v) is 18.5. The average molecular weight is 434 g/mol. The summed E-state index contributed by atoms with van der Waals surface area (Å²) in [5.74, 6) is 1.43. The van der Waals surface area contributed by atoms with Crippen LogP contribution < -0.4 is 4.74 Å². The van der Waals surface area contributed by atoms with Gasteiger partial charge in [-0.3, -0.25) is 4.98 Å². The molecule has 1 aliphatic heterocycles. The van der Waals surface area contributed by atoms with E-state index in [-0.39, 0.29) is 6.61 Å². The van der Waals surface area contributed by atoms with Crippen LogP contribution in [0.3, 0.4) is 0 Å². The lowest BCUT2D eigenvalue weighted by molar-refractivity contribution is -0.0912. The number of aliphatic hydroxyl groups is 1. The number of aromatic nitrogens is 3. The van der Waals surface area contributed by atoms with E-state index in [4.69, 9.17) is 9.57 Å². The Hall–Kier alpha value is -3.65. The first-order chi connectivity index (χ1) is 15.5. The summed E-state index contributed by atoms with van der Waals surface area (Å²) in [6.07, 6.45) is 11.7. The van der Waals surface area contributed by atoms with Crippen LogP contribution in [0.25, 0.3) is 11.8 Å². The molecule has 0 saturated heterocycles. The summed E-state index contributed by atoms with van der Waals surface area (Å²) in [5, 5.41) is 13.7. The fourth-order valence-corrected chi connectivity index (χ4v) is 3.73. The quantitative estimate of drug-likeness (QED) is 0.585. The van der Waals surface area contributed by atoms with Crippen LogP contribution in [0, 0.1) is 6.92 Å². The van der Waals surface area contributed by atoms with E-state index in [0.717, 1.165) is 28.3 Å². The highest BCUT2D eigenvalue weighted by Crippen LogP contribution is 2.35. The summed E-state index contributed by atoms with van der Waals surface area (Å²) in [5.41, 5.74) is 3.00. The third-order valence-corrected chi connectivity index (χ3v) is 5.48. The van der Waals surface area contributed by atoms with Crippen molar-refractivity contribution in [2.24, 2.45) is 5.16 Å². The molecule has 1 N–H and O–H groups in total. The summed E-state index contributed by atoms with van der Waals surface area (Å²) < 4.78 is 7.54. The van der Waals surface area contributed by atoms with E-state index in [1.807, 2.05) is 67.1 Å². The lowest BCUT2D eigenvalue weighted by Gasteiger charge is -2.34. The first-order valence-corrected chi connectivity index (χ1v) is 10.5. The minimum absolute atomic E-state index is 0.0896. The molecule has 32 heavy (non-hydrogen) atoms. The number of hydrogen-bond acceptors (Lipinski definition) is 7. The second kappa shape index (κ2) is 9.23. The highest BCUT2D eigenvalue weighted by Gasteiger charge is 2.42. The van der Waals surface area contributed by atoms with Crippen molar-refractivity contribution in [3.8, 4) is 11.4 Å². The predicted octanol–water partition coefficient (Wildman–Crippen LogP) is 3.50. The molecule has 1 aliphatic rings. The van der Waals surface area contributed by atoms with Gasteiger partial charge in [-0.25, -0.2) is 4.98 Å². The first kappa shape index (κ1) is 21.6. The summed E-state index contributed by atoms with van der Waals surface area (Å²) in [7, 11) is 1.65. The standard InChI is InChI=1S/C24H27N5O3/c1-18-16-28(17-26-18)21-7-5-19(15-22(21)31-3)6-8-23-27-32-24(2,29(23)13-4-14-30)20-9-11-25-12-10-20/h5-12,15-17,30H,4,13-14H2,1-3H3/b8-6+. The van der Waals surface area contributed by atoms with E-state index < -0.39 is 5.72 Å². The van der Waals surface area contributed by atoms with Crippen molar-refractivity contribution in [1.82, 2.24) is 19.4 Å². The van der Waals surface area contributed by atoms with Gasteiger partial charge in [0.1, 0.15) is 5.75 Å². The lowest BCUT2D eigenvalue weighted by Crippen LogP contribution is -2.44. The van der Waals surface area contributed by atoms with Gasteiger partial charge < -0.3 is 24.1 Å². The predicted molar refractivity (Wildman–Crippen MR) is 122 cm³/mol. The number of amidine groups is 1. The molecule has 0 saturated carbocycles. The third kappa shape index (κ3) is 4.22. The van der Waals surface area contributed by atoms with Crippen molar-refractivity contribution in [2.45, 2.75) is 26.0 Å². The molecule has 8 nitrogen and oxygen atoms in total. The van der Waals surface area contributed by atoms with Crippen LogP contribution in [-0.2, 0) is 10.6 Å². The van der Waals surface area contributed by atoms with Crippen LogP contribution in [0.2, 0.25) is 0 Å². The molecule has 4 rings (SSSR count). The molecule has 1 aromatic carbocycles. The summed E-state index contributed by atoms with van der Waals surface area (Å²) in [6, 6.07) is 9.81. The molecule has 0 radical (unpaired) electrons. The summed E-state index contributed by atoms with van der Waals surface area (Å²) >= 11 is 0. The van der Waals surface area contributed by atoms with Crippen LogP contribution in [-0.4, -0.2) is 50.6 Å². The number of methoxy groups -OCH3 is 1. The largest absolute Gasteiger partial charge is 0.495 e. The van der Waals surface area contributed by atoms with E-state index in [9.17, 15) is 5.11 Å². The maximum Gasteiger partial charge on any atom is 0.234 e. The first-order valence-electron chi connectivity index (χ1n) is 10.5. The molecule has 8 heteroatoms. The number of benzene rings is 1. The fourth-order valence-electron chi connectivity index (χ4n) is 3.73. The van der Waals surface area contributed by atoms with E-state index in [1.165, 1.54) is 0 Å². The Morgan fingerprint density at radius 1 is 1.19 bits per heavy atom. The van der Waals surface area contributed by atoms with Gasteiger partial charge in [-0.15, -0.1) is 0 Å². The van der Waals surface area contributed by atoms with Crippen molar-refractivity contribution >= 4 is 11.9 Å². The molecule has 2 aromatic heterocycles. The van der Waals surface area contributed by atoms with E-state index in [2.05, 4.69) is 20.0 Å². The highest BCUT2D eigenvalue weighted by molar-refractivity contribution is 5.97. The number of ether oxygens (including phenoxy) is 1. The van der Waals surface area contributed by atoms with Gasteiger partial charge in [0.05, 0.1) is 24.8 Å². The zero-order chi connectivity index (χ0) is 22.6. The van der Waals surface area contributed by atoms with Crippen molar-refractivity contribution in [1.29, 1.82) is 0 Å². The molecule has 0 amide bonds. The van der Waals surface area contributed by atoms with Crippen molar-refractivity contribution in [3.63, 3.8) is 0 Å². The normalized spacial score (nSPS) is 18.1. The number of hydrogen-bond donors (Lipinski definition) is 1. The van der Waals surface area contributed by atoms with Crippen LogP contribution in [0.15, 0.2) is 66.5 Å². The fraction of sp³-hybridized carbons (Fsp3) is 0.292. The van der Waals surface area contributed by atoms with Crippen LogP contribution in [0.5, 0.6) is 5.75 Å². The number of rotatable bonds is 8. The third-order valence-electron chi connectivity index (χ3n) is 5.48. The van der Waals surface area contributed by atoms with Gasteiger partial charge in [0.2, 0.25) is 5.72 Å². The van der Waals surface area contributed by atoms with Crippen LogP contribution >= 0.6 is 0 Å². The summed E-state index contributed by atoms with van der Waals surface area (Å²) in [6.45, 7) is 4.61. The second-order valence-electron chi connectivity index (χ2n) is 7.68. The number of aryl methyl sites for hydroxylation is 1. The Labute approximate surface area is 187 Å². The molecule has 3 aromatic rings. The van der Waals surface area contributed by atoms with Crippen molar-refractivity contribution < 1.29 is 14.7 Å². The van der Waals surface area contributed by atoms with Gasteiger partial charge in [0, 0.05) is 44.2 Å². The number of nitrogens with zero attached hydrogens (tertiary/aromatic N) is 5. The molecular formula is C24H27N5O3. The van der Waals surface area contributed by atoms with Crippen LogP contribution in [0.1, 0.15) is 30.2 Å². The van der Waals surface area contributed by atoms with E-state index in [1.54, 1.807) is 25.8 Å². The molecule has 166 valence electrons. The average Bonchev–Trinajstić information content (AvgIpc) is 3.40. The van der Waals surface area contributed by atoms with Crippen LogP contribution in [0.4, 0.5) is 0 Å². The van der Waals surface area contributed by atoms with Crippen molar-refractivity contribution in [2.75, 3.05) is 20.3 Å². The molecule has 0 spiro atoms. The van der Waals surface area contributed by atoms with Gasteiger partial charge >= 0.3 is 0 Å². The Balaban J connectivity index is 1.59. The Bertz CT molecular complexity index is 1130. The summed E-state index contributed by atoms with van der Waals surface area (Å²) in [4.78, 5) is 16.3. The second-order valence-corrected chi connectivity index (χ2v) is 7.68. The monoisotopic (exact) mass is 433 g/mol. The van der Waals surface area contributed by atoms with E-state index >= 15 is 0 Å². The van der Waals surface area contributed by atoms with Gasteiger partial charge in [-0.2, -0.15) is 0 Å². The molecular weight excluding hydrogens is 406 g/mol. The molecule has 3 heterocycles. The molecule has 0 bridgehead atoms. The van der Waals surface area contributed by atoms with Gasteiger partial charge in [0.25, 0.3) is 0 Å². The number of imidazole rings is 1. The molecule has 0 aliphatic carbocycles.